The van der Waals surface area contributed by atoms with Gasteiger partial charge >= 0.3 is 29.6 Å². The van der Waals surface area contributed by atoms with Crippen LogP contribution in [-0.2, 0) is 42.6 Å². The number of halogens is 3. The van der Waals surface area contributed by atoms with Gasteiger partial charge in [0.2, 0.25) is 0 Å². The summed E-state index contributed by atoms with van der Waals surface area (Å²) in [6, 6.07) is 2.99. The van der Waals surface area contributed by atoms with Crippen molar-refractivity contribution in [3.63, 3.8) is 0 Å². The van der Waals surface area contributed by atoms with Crippen LogP contribution in [0.3, 0.4) is 0 Å². The Balaban J connectivity index is 1.67. The second-order valence-electron chi connectivity index (χ2n) is 8.82. The molecule has 15 nitrogen and oxygen atoms in total. The normalized spacial score (nSPS) is 19.5. The van der Waals surface area contributed by atoms with Crippen molar-refractivity contribution in [1.29, 1.82) is 0 Å². The lowest BCUT2D eigenvalue weighted by Crippen LogP contribution is -2.75. The lowest BCUT2D eigenvalue weighted by atomic mass is 10.0. The first kappa shape index (κ1) is 30.5. The second kappa shape index (κ2) is 11.1. The number of nitrogens with one attached hydrogen (secondary N) is 1. The number of benzene rings is 1. The number of carbonyl (C=O) groups is 4. The van der Waals surface area contributed by atoms with Gasteiger partial charge in [0, 0.05) is 12.8 Å². The molecule has 1 aromatic heterocycles. The Labute approximate surface area is 236 Å². The number of sulfone groups is 1. The summed E-state index contributed by atoms with van der Waals surface area (Å²) in [5.74, 6) is -8.58. The summed E-state index contributed by atoms with van der Waals surface area (Å²) in [4.78, 5) is 64.3. The molecule has 3 N–H and O–H groups in total. The topological polar surface area (TPSA) is 215 Å². The molecule has 1 saturated heterocycles. The highest BCUT2D eigenvalue weighted by atomic mass is 32.2. The first-order valence-corrected chi connectivity index (χ1v) is 14.1. The number of nitrogens with zero attached hydrogens (tertiary/aromatic N) is 4. The molecule has 0 unspecified atom stereocenters. The molecule has 2 aliphatic heterocycles. The molecular formula is C22H18F3N5O10S2. The third-order valence-electron chi connectivity index (χ3n) is 5.96. The van der Waals surface area contributed by atoms with Gasteiger partial charge in [0.15, 0.2) is 20.4 Å². The van der Waals surface area contributed by atoms with Crippen LogP contribution >= 0.6 is 11.8 Å². The van der Waals surface area contributed by atoms with E-state index in [0.717, 1.165) is 4.68 Å². The minimum Gasteiger partial charge on any atom is -0.488 e. The van der Waals surface area contributed by atoms with Gasteiger partial charge in [-0.2, -0.15) is 18.2 Å². The SMILES string of the molecule is Cn1nc(O)c(=O)nc1SCC1=C(C(=O)OCc2ccc(C(=O)O)cc2)N2C(=O)[C@H](NC(=O)C(F)(F)F)[C@@H]2S(=O)(=O)C1. The number of rotatable bonds is 8. The Hall–Kier alpha value is -4.46. The third kappa shape index (κ3) is 5.93. The van der Waals surface area contributed by atoms with Crippen LogP contribution in [0.1, 0.15) is 15.9 Å². The van der Waals surface area contributed by atoms with Gasteiger partial charge in [0.1, 0.15) is 18.3 Å². The van der Waals surface area contributed by atoms with Crippen LogP contribution in [-0.4, -0.2) is 91.1 Å². The summed E-state index contributed by atoms with van der Waals surface area (Å²) in [6.45, 7) is -0.464. The maximum Gasteiger partial charge on any atom is 0.471 e. The van der Waals surface area contributed by atoms with Crippen molar-refractivity contribution in [2.75, 3.05) is 11.5 Å². The molecule has 0 bridgehead atoms. The molecule has 2 atom stereocenters. The Bertz CT molecular complexity index is 1690. The van der Waals surface area contributed by atoms with E-state index < -0.39 is 86.4 Å². The monoisotopic (exact) mass is 633 g/mol. The molecule has 0 aliphatic carbocycles. The van der Waals surface area contributed by atoms with Crippen LogP contribution in [0.25, 0.3) is 0 Å². The predicted molar refractivity (Wildman–Crippen MR) is 132 cm³/mol. The van der Waals surface area contributed by atoms with Gasteiger partial charge < -0.3 is 20.3 Å². The van der Waals surface area contributed by atoms with E-state index >= 15 is 0 Å². The fourth-order valence-electron chi connectivity index (χ4n) is 4.02. The van der Waals surface area contributed by atoms with Crippen molar-refractivity contribution < 1.29 is 55.7 Å². The number of ether oxygens (including phenoxy) is 1. The number of carbonyl (C=O) groups excluding carboxylic acids is 3. The molecule has 3 heterocycles. The highest BCUT2D eigenvalue weighted by molar-refractivity contribution is 7.99. The summed E-state index contributed by atoms with van der Waals surface area (Å²) in [5, 5.41) is 21.1. The van der Waals surface area contributed by atoms with Crippen LogP contribution in [0.4, 0.5) is 13.2 Å². The molecule has 2 amide bonds. The molecule has 42 heavy (non-hydrogen) atoms. The number of fused-ring (bicyclic) bond motifs is 1. The molecule has 2 aliphatic rings. The van der Waals surface area contributed by atoms with Gasteiger partial charge in [-0.1, -0.05) is 23.9 Å². The standard InChI is InChI=1S/C22H18F3N5O10S2/c1-29-21(27-14(31)15(32)28-29)41-7-11-8-42(38,39)17-12(26-20(37)22(23,24)25)16(33)30(17)13(11)19(36)40-6-9-2-4-10(5-3-9)18(34)35/h2-5,12,17H,6-8H2,1H3,(H,26,37)(H,28,32)(H,34,35)/t12-,17-/m0/s1. The van der Waals surface area contributed by atoms with Gasteiger partial charge in [0.25, 0.3) is 11.8 Å². The number of carboxylic acid groups (broad SMARTS) is 1. The van der Waals surface area contributed by atoms with E-state index in [-0.39, 0.29) is 16.3 Å². The Morgan fingerprint density at radius 3 is 2.43 bits per heavy atom. The fourth-order valence-corrected chi connectivity index (χ4v) is 7.09. The van der Waals surface area contributed by atoms with Gasteiger partial charge in [-0.3, -0.25) is 19.3 Å². The number of aromatic hydroxyl groups is 1. The molecule has 4 rings (SSSR count). The molecule has 1 aromatic carbocycles. The molecule has 1 fully saturated rings. The highest BCUT2D eigenvalue weighted by Gasteiger charge is 2.61. The third-order valence-corrected chi connectivity index (χ3v) is 9.03. The molecule has 20 heteroatoms. The summed E-state index contributed by atoms with van der Waals surface area (Å²) in [5.41, 5.74) is -1.69. The summed E-state index contributed by atoms with van der Waals surface area (Å²) >= 11 is 0.697. The lowest BCUT2D eigenvalue weighted by molar-refractivity contribution is -0.177. The number of amides is 2. The quantitative estimate of drug-likeness (QED) is 0.187. The van der Waals surface area contributed by atoms with Gasteiger partial charge in [-0.15, -0.1) is 5.10 Å². The summed E-state index contributed by atoms with van der Waals surface area (Å²) in [6.07, 6.45) is -5.42. The Morgan fingerprint density at radius 2 is 1.83 bits per heavy atom. The van der Waals surface area contributed by atoms with E-state index in [4.69, 9.17) is 9.84 Å². The van der Waals surface area contributed by atoms with Crippen LogP contribution in [0.15, 0.2) is 45.5 Å². The van der Waals surface area contributed by atoms with E-state index in [1.54, 1.807) is 0 Å². The number of β-lactam (4-membered cyclic amide) rings is 1. The fraction of sp³-hybridized carbons (Fsp3) is 0.318. The number of esters is 1. The van der Waals surface area contributed by atoms with Crippen molar-refractivity contribution in [3.8, 4) is 5.88 Å². The molecule has 0 spiro atoms. The first-order valence-electron chi connectivity index (χ1n) is 11.4. The van der Waals surface area contributed by atoms with Crippen molar-refractivity contribution in [2.24, 2.45) is 7.05 Å². The van der Waals surface area contributed by atoms with Crippen LogP contribution < -0.4 is 10.9 Å². The number of aromatic nitrogens is 3. The second-order valence-corrected chi connectivity index (χ2v) is 11.9. The number of alkyl halides is 3. The number of carboxylic acids is 1. The van der Waals surface area contributed by atoms with E-state index in [0.29, 0.717) is 22.2 Å². The van der Waals surface area contributed by atoms with Crippen molar-refractivity contribution in [2.45, 2.75) is 29.4 Å². The number of hydrogen-bond donors (Lipinski definition) is 3. The largest absolute Gasteiger partial charge is 0.488 e. The Morgan fingerprint density at radius 1 is 1.19 bits per heavy atom. The van der Waals surface area contributed by atoms with Gasteiger partial charge in [-0.05, 0) is 23.3 Å². The summed E-state index contributed by atoms with van der Waals surface area (Å²) < 4.78 is 70.7. The lowest BCUT2D eigenvalue weighted by Gasteiger charge is -2.49. The van der Waals surface area contributed by atoms with E-state index in [9.17, 15) is 50.7 Å². The minimum atomic E-state index is -5.42. The molecule has 224 valence electrons. The number of thioether (sulfide) groups is 1. The van der Waals surface area contributed by atoms with Crippen molar-refractivity contribution in [1.82, 2.24) is 25.0 Å². The number of aryl methyl sites for hydroxylation is 1. The smallest absolute Gasteiger partial charge is 0.471 e. The van der Waals surface area contributed by atoms with Crippen LogP contribution in [0, 0.1) is 0 Å². The minimum absolute atomic E-state index is 0.0581. The van der Waals surface area contributed by atoms with Gasteiger partial charge in [0.05, 0.1) is 11.3 Å². The number of hydrogen-bond acceptors (Lipinski definition) is 12. The molecule has 0 radical (unpaired) electrons. The Kier molecular flexibility index (Phi) is 8.05. The zero-order valence-electron chi connectivity index (χ0n) is 21.0. The maximum absolute atomic E-state index is 13.2. The van der Waals surface area contributed by atoms with Crippen LogP contribution in [0.2, 0.25) is 0 Å². The van der Waals surface area contributed by atoms with E-state index in [1.807, 2.05) is 0 Å². The van der Waals surface area contributed by atoms with Crippen LogP contribution in [0.5, 0.6) is 5.88 Å². The van der Waals surface area contributed by atoms with E-state index in [1.165, 1.54) is 36.6 Å². The molecule has 0 saturated carbocycles. The highest BCUT2D eigenvalue weighted by Crippen LogP contribution is 2.39. The van der Waals surface area contributed by atoms with Crippen molar-refractivity contribution >= 4 is 45.4 Å². The van der Waals surface area contributed by atoms with E-state index in [2.05, 4.69) is 10.1 Å². The predicted octanol–water partition coefficient (Wildman–Crippen LogP) is -0.687. The maximum atomic E-state index is 13.2. The average molecular weight is 634 g/mol. The molecular weight excluding hydrogens is 615 g/mol. The zero-order valence-corrected chi connectivity index (χ0v) is 22.6. The number of aromatic carboxylic acids is 1. The molecule has 2 aromatic rings. The van der Waals surface area contributed by atoms with Crippen molar-refractivity contribution in [3.05, 3.63) is 57.0 Å². The zero-order chi connectivity index (χ0) is 31.1. The summed E-state index contributed by atoms with van der Waals surface area (Å²) in [7, 11) is -3.18. The first-order chi connectivity index (χ1) is 19.5. The van der Waals surface area contributed by atoms with Gasteiger partial charge in [-0.25, -0.2) is 22.7 Å². The average Bonchev–Trinajstić information content (AvgIpc) is 2.90.